The van der Waals surface area contributed by atoms with Gasteiger partial charge in [0.1, 0.15) is 12.1 Å². The summed E-state index contributed by atoms with van der Waals surface area (Å²) in [7, 11) is 0. The molecule has 8 N–H and O–H groups in total. The first-order chi connectivity index (χ1) is 16.0. The fourth-order valence-corrected chi connectivity index (χ4v) is 5.20. The maximum absolute atomic E-state index is 12.8. The van der Waals surface area contributed by atoms with Gasteiger partial charge < -0.3 is 37.2 Å². The molecule has 1 aromatic carbocycles. The van der Waals surface area contributed by atoms with Crippen LogP contribution in [0.2, 0.25) is 0 Å². The van der Waals surface area contributed by atoms with Crippen molar-refractivity contribution in [3.05, 3.63) is 35.4 Å². The molecule has 2 saturated heterocycles. The molecular weight excluding hydrogens is 444 g/mol. The number of nitrogens with one attached hydrogen (secondary N) is 2. The zero-order valence-electron chi connectivity index (χ0n) is 18.4. The summed E-state index contributed by atoms with van der Waals surface area (Å²) in [6, 6.07) is 3.74. The van der Waals surface area contributed by atoms with Crippen LogP contribution >= 0.6 is 0 Å². The van der Waals surface area contributed by atoms with Gasteiger partial charge in [0.05, 0.1) is 12.6 Å². The minimum atomic E-state index is -2.60. The van der Waals surface area contributed by atoms with Crippen LogP contribution < -0.4 is 22.1 Å². The Morgan fingerprint density at radius 1 is 1.18 bits per heavy atom. The second-order valence-corrected chi connectivity index (χ2v) is 9.03. The highest BCUT2D eigenvalue weighted by Gasteiger charge is 2.73. The van der Waals surface area contributed by atoms with Crippen LogP contribution in [-0.4, -0.2) is 92.3 Å². The standard InChI is InChI=1S/C21H26N8O5/c1-10-2-4-11(5-3-10)17(32)25-13-9-29-19(23)24-12(8-28-14(30)6-7-15(28)31)16-20(29,21(13,33)34)27-18(22)26-16/h2-5,12-13,16,33-34H,6-9H2,1H3,(H2,23,24)(H,25,32)(H3,22,26,27)/t12-,13-,16-,20-/m0/s1. The molecule has 0 saturated carbocycles. The average molecular weight is 470 g/mol. The van der Waals surface area contributed by atoms with Crippen LogP contribution in [0.3, 0.4) is 0 Å². The highest BCUT2D eigenvalue weighted by molar-refractivity contribution is 6.02. The number of guanidine groups is 2. The van der Waals surface area contributed by atoms with Crippen LogP contribution in [0.4, 0.5) is 0 Å². The third-order valence-electron chi connectivity index (χ3n) is 6.95. The fraction of sp³-hybridized carbons (Fsp3) is 0.476. The number of aliphatic hydroxyl groups is 2. The molecule has 4 aliphatic heterocycles. The molecule has 34 heavy (non-hydrogen) atoms. The summed E-state index contributed by atoms with van der Waals surface area (Å²) in [4.78, 5) is 48.4. The molecule has 2 fully saturated rings. The first-order valence-corrected chi connectivity index (χ1v) is 10.9. The molecule has 4 aliphatic rings. The molecule has 4 atom stereocenters. The van der Waals surface area contributed by atoms with Crippen molar-refractivity contribution in [3.63, 3.8) is 0 Å². The lowest BCUT2D eigenvalue weighted by molar-refractivity contribution is -0.230. The van der Waals surface area contributed by atoms with Crippen LogP contribution in [0.1, 0.15) is 28.8 Å². The summed E-state index contributed by atoms with van der Waals surface area (Å²) in [5, 5.41) is 28.3. The monoisotopic (exact) mass is 470 g/mol. The van der Waals surface area contributed by atoms with Gasteiger partial charge in [0.15, 0.2) is 17.6 Å². The SMILES string of the molecule is Cc1ccc(C(=O)N[C@H]2CN3C(N)=N[C@@H](CN4C(=O)CCC4=O)[C@@H]4N=C(N)N[C@@]43C2(O)O)cc1. The zero-order valence-corrected chi connectivity index (χ0v) is 18.4. The number of aliphatic imine (C=N–C) groups is 2. The summed E-state index contributed by atoms with van der Waals surface area (Å²) < 4.78 is 0. The second kappa shape index (κ2) is 7.40. The van der Waals surface area contributed by atoms with Crippen LogP contribution in [0.25, 0.3) is 0 Å². The Balaban J connectivity index is 1.46. The smallest absolute Gasteiger partial charge is 0.251 e. The minimum Gasteiger partial charge on any atom is -0.370 e. The fourth-order valence-electron chi connectivity index (χ4n) is 5.20. The summed E-state index contributed by atoms with van der Waals surface area (Å²) in [6.07, 6.45) is 0.209. The summed E-state index contributed by atoms with van der Waals surface area (Å²) >= 11 is 0. The lowest BCUT2D eigenvalue weighted by atomic mass is 9.84. The Bertz CT molecular complexity index is 1120. The quantitative estimate of drug-likeness (QED) is 0.195. The van der Waals surface area contributed by atoms with Crippen molar-refractivity contribution in [2.75, 3.05) is 13.1 Å². The van der Waals surface area contributed by atoms with E-state index in [0.29, 0.717) is 5.56 Å². The maximum atomic E-state index is 12.8. The van der Waals surface area contributed by atoms with E-state index in [-0.39, 0.29) is 49.7 Å². The van der Waals surface area contributed by atoms with Gasteiger partial charge in [0, 0.05) is 24.9 Å². The van der Waals surface area contributed by atoms with E-state index in [9.17, 15) is 24.6 Å². The summed E-state index contributed by atoms with van der Waals surface area (Å²) in [5.74, 6) is -3.92. The van der Waals surface area contributed by atoms with Crippen molar-refractivity contribution < 1.29 is 24.6 Å². The molecule has 0 radical (unpaired) electrons. The molecule has 1 aromatic rings. The molecule has 0 bridgehead atoms. The van der Waals surface area contributed by atoms with Gasteiger partial charge in [-0.05, 0) is 19.1 Å². The number of benzene rings is 1. The van der Waals surface area contributed by atoms with Crippen molar-refractivity contribution >= 4 is 29.6 Å². The molecule has 4 heterocycles. The van der Waals surface area contributed by atoms with Gasteiger partial charge in [-0.1, -0.05) is 17.7 Å². The van der Waals surface area contributed by atoms with Gasteiger partial charge in [-0.15, -0.1) is 0 Å². The lowest BCUT2D eigenvalue weighted by Crippen LogP contribution is -2.78. The number of amides is 3. The highest BCUT2D eigenvalue weighted by atomic mass is 16.5. The first kappa shape index (κ1) is 22.1. The molecular formula is C21H26N8O5. The number of carbonyl (C=O) groups is 3. The van der Waals surface area contributed by atoms with E-state index in [1.165, 1.54) is 4.90 Å². The molecule has 1 spiro atoms. The number of nitrogens with zero attached hydrogens (tertiary/aromatic N) is 4. The van der Waals surface area contributed by atoms with Gasteiger partial charge in [-0.2, -0.15) is 0 Å². The van der Waals surface area contributed by atoms with E-state index in [1.807, 2.05) is 6.92 Å². The van der Waals surface area contributed by atoms with Crippen LogP contribution in [-0.2, 0) is 9.59 Å². The van der Waals surface area contributed by atoms with E-state index in [4.69, 9.17) is 11.5 Å². The predicted molar refractivity (Wildman–Crippen MR) is 119 cm³/mol. The lowest BCUT2D eigenvalue weighted by Gasteiger charge is -2.49. The largest absolute Gasteiger partial charge is 0.370 e. The van der Waals surface area contributed by atoms with E-state index in [1.54, 1.807) is 24.3 Å². The van der Waals surface area contributed by atoms with Crippen molar-refractivity contribution in [2.24, 2.45) is 21.5 Å². The van der Waals surface area contributed by atoms with Crippen LogP contribution in [0.5, 0.6) is 0 Å². The van der Waals surface area contributed by atoms with Gasteiger partial charge in [-0.3, -0.25) is 19.3 Å². The van der Waals surface area contributed by atoms with E-state index < -0.39 is 35.5 Å². The number of carbonyl (C=O) groups excluding carboxylic acids is 3. The summed E-state index contributed by atoms with van der Waals surface area (Å²) in [6.45, 7) is 1.66. The van der Waals surface area contributed by atoms with E-state index in [0.717, 1.165) is 10.5 Å². The van der Waals surface area contributed by atoms with Crippen LogP contribution in [0.15, 0.2) is 34.3 Å². The third kappa shape index (κ3) is 3.04. The second-order valence-electron chi connectivity index (χ2n) is 9.03. The van der Waals surface area contributed by atoms with Crippen molar-refractivity contribution in [3.8, 4) is 0 Å². The number of imide groups is 1. The Labute approximate surface area is 194 Å². The Morgan fingerprint density at radius 3 is 2.47 bits per heavy atom. The molecule has 0 aromatic heterocycles. The highest BCUT2D eigenvalue weighted by Crippen LogP contribution is 2.45. The van der Waals surface area contributed by atoms with Gasteiger partial charge in [-0.25, -0.2) is 9.98 Å². The predicted octanol–water partition coefficient (Wildman–Crippen LogP) is -3.08. The van der Waals surface area contributed by atoms with E-state index >= 15 is 0 Å². The number of hydrogen-bond donors (Lipinski definition) is 6. The summed E-state index contributed by atoms with van der Waals surface area (Å²) in [5.41, 5.74) is 11.7. The number of nitrogens with two attached hydrogens (primary N) is 2. The van der Waals surface area contributed by atoms with Gasteiger partial charge in [0.2, 0.25) is 17.6 Å². The van der Waals surface area contributed by atoms with Crippen molar-refractivity contribution in [1.82, 2.24) is 20.4 Å². The topological polar surface area (TPSA) is 199 Å². The first-order valence-electron chi connectivity index (χ1n) is 10.9. The van der Waals surface area contributed by atoms with Crippen LogP contribution in [0, 0.1) is 6.92 Å². The van der Waals surface area contributed by atoms with Gasteiger partial charge >= 0.3 is 0 Å². The average Bonchev–Trinajstić information content (AvgIpc) is 3.37. The minimum absolute atomic E-state index is 0.0581. The normalized spacial score (nSPS) is 31.6. The Kier molecular flexibility index (Phi) is 4.81. The van der Waals surface area contributed by atoms with Crippen molar-refractivity contribution in [2.45, 2.75) is 49.3 Å². The van der Waals surface area contributed by atoms with E-state index in [2.05, 4.69) is 20.6 Å². The zero-order chi connectivity index (χ0) is 24.4. The van der Waals surface area contributed by atoms with Crippen molar-refractivity contribution in [1.29, 1.82) is 0 Å². The molecule has 13 heteroatoms. The number of hydrogen-bond acceptors (Lipinski definition) is 11. The maximum Gasteiger partial charge on any atom is 0.251 e. The van der Waals surface area contributed by atoms with Gasteiger partial charge in [0.25, 0.3) is 5.91 Å². The number of aryl methyl sites for hydroxylation is 1. The Hall–Kier alpha value is -3.71. The molecule has 0 aliphatic carbocycles. The number of likely N-dealkylation sites (tertiary alicyclic amines) is 1. The molecule has 180 valence electrons. The molecule has 3 amide bonds. The molecule has 5 rings (SSSR count). The molecule has 13 nitrogen and oxygen atoms in total. The number of rotatable bonds is 4. The molecule has 0 unspecified atom stereocenters. The third-order valence-corrected chi connectivity index (χ3v) is 6.95. The Morgan fingerprint density at radius 2 is 1.82 bits per heavy atom.